The predicted octanol–water partition coefficient (Wildman–Crippen LogP) is 3.51. The second-order valence-electron chi connectivity index (χ2n) is 7.39. The summed E-state index contributed by atoms with van der Waals surface area (Å²) in [7, 11) is 0. The summed E-state index contributed by atoms with van der Waals surface area (Å²) in [5.74, 6) is -0.555. The number of pyridine rings is 1. The third-order valence-electron chi connectivity index (χ3n) is 5.02. The molecule has 2 aliphatic rings. The van der Waals surface area contributed by atoms with Gasteiger partial charge >= 0.3 is 5.97 Å². The van der Waals surface area contributed by atoms with E-state index >= 15 is 0 Å². The number of aromatic nitrogens is 1. The third kappa shape index (κ3) is 5.79. The molecule has 8 heteroatoms. The number of carbonyl (C=O) groups is 3. The van der Waals surface area contributed by atoms with E-state index in [9.17, 15) is 14.4 Å². The number of esters is 1. The molecule has 160 valence electrons. The van der Waals surface area contributed by atoms with Crippen molar-refractivity contribution in [1.29, 1.82) is 0 Å². The molecule has 1 fully saturated rings. The highest BCUT2D eigenvalue weighted by Crippen LogP contribution is 2.30. The Morgan fingerprint density at radius 3 is 2.70 bits per heavy atom. The average molecular weight is 431 g/mol. The van der Waals surface area contributed by atoms with Crippen LogP contribution in [-0.4, -0.2) is 40.1 Å². The van der Waals surface area contributed by atoms with Gasteiger partial charge in [-0.25, -0.2) is 0 Å². The molecule has 1 aliphatic carbocycles. The maximum atomic E-state index is 11.8. The van der Waals surface area contributed by atoms with Crippen molar-refractivity contribution in [1.82, 2.24) is 10.3 Å². The molecule has 1 N–H and O–H groups in total. The van der Waals surface area contributed by atoms with Crippen LogP contribution in [0.15, 0.2) is 42.1 Å². The molecule has 1 aromatic heterocycles. The number of aryl methyl sites for hydroxylation is 1. The molecular formula is C22H26N2O5S. The Morgan fingerprint density at radius 1 is 1.33 bits per heavy atom. The number of imide groups is 1. The molecule has 4 atom stereocenters. The molecule has 7 nitrogen and oxygen atoms in total. The molecule has 1 aliphatic heterocycles. The molecule has 1 saturated heterocycles. The number of carbonyl (C=O) groups excluding carboxylic acids is 3. The number of hydrogen-bond acceptors (Lipinski definition) is 7. The summed E-state index contributed by atoms with van der Waals surface area (Å²) in [5.41, 5.74) is 2.76. The zero-order valence-corrected chi connectivity index (χ0v) is 18.1. The SMILES string of the molecule is CCc1ccc([C@@H](COC2C=CC(CC3SC(=O)NC3=O)=CC2C)OC(C)=O)nc1. The van der Waals surface area contributed by atoms with E-state index in [2.05, 4.69) is 23.3 Å². The van der Waals surface area contributed by atoms with Crippen LogP contribution < -0.4 is 5.32 Å². The van der Waals surface area contributed by atoms with Gasteiger partial charge in [0.15, 0.2) is 6.10 Å². The normalized spacial score (nSPS) is 24.4. The summed E-state index contributed by atoms with van der Waals surface area (Å²) < 4.78 is 11.5. The van der Waals surface area contributed by atoms with Gasteiger partial charge in [0.1, 0.15) is 0 Å². The van der Waals surface area contributed by atoms with Gasteiger partial charge in [-0.05, 0) is 24.5 Å². The largest absolute Gasteiger partial charge is 0.454 e. The summed E-state index contributed by atoms with van der Waals surface area (Å²) in [6.45, 7) is 5.64. The summed E-state index contributed by atoms with van der Waals surface area (Å²) in [5, 5.41) is 1.63. The van der Waals surface area contributed by atoms with Gasteiger partial charge in [-0.3, -0.25) is 24.7 Å². The first-order valence-corrected chi connectivity index (χ1v) is 10.9. The van der Waals surface area contributed by atoms with Crippen molar-refractivity contribution >= 4 is 28.9 Å². The summed E-state index contributed by atoms with van der Waals surface area (Å²) in [6, 6.07) is 3.83. The molecule has 2 amide bonds. The standard InChI is InChI=1S/C22H26N2O5S/c1-4-15-5-7-17(23-11-15)19(29-14(3)25)12-28-18-8-6-16(9-13(18)2)10-20-21(26)24-22(27)30-20/h5-9,11,13,18-20H,4,10,12H2,1-3H3,(H,24,26,27)/t13?,18?,19-,20?/m1/s1. The average Bonchev–Trinajstić information content (AvgIpc) is 3.02. The number of thioether (sulfide) groups is 1. The number of hydrogen-bond donors (Lipinski definition) is 1. The number of amides is 2. The zero-order valence-electron chi connectivity index (χ0n) is 17.3. The van der Waals surface area contributed by atoms with Crippen molar-refractivity contribution in [3.8, 4) is 0 Å². The monoisotopic (exact) mass is 430 g/mol. The highest BCUT2D eigenvalue weighted by atomic mass is 32.2. The number of nitrogens with zero attached hydrogens (tertiary/aromatic N) is 1. The maximum Gasteiger partial charge on any atom is 0.303 e. The third-order valence-corrected chi connectivity index (χ3v) is 6.00. The van der Waals surface area contributed by atoms with Crippen LogP contribution in [0.1, 0.15) is 44.6 Å². The fourth-order valence-electron chi connectivity index (χ4n) is 3.38. The topological polar surface area (TPSA) is 94.6 Å². The number of ether oxygens (including phenoxy) is 2. The van der Waals surface area contributed by atoms with Crippen LogP contribution in [0.25, 0.3) is 0 Å². The molecule has 30 heavy (non-hydrogen) atoms. The predicted molar refractivity (Wildman–Crippen MR) is 114 cm³/mol. The Kier molecular flexibility index (Phi) is 7.44. The first kappa shape index (κ1) is 22.2. The highest BCUT2D eigenvalue weighted by Gasteiger charge is 2.32. The van der Waals surface area contributed by atoms with E-state index in [1.165, 1.54) is 6.92 Å². The summed E-state index contributed by atoms with van der Waals surface area (Å²) >= 11 is 1.03. The van der Waals surface area contributed by atoms with Crippen molar-refractivity contribution in [3.05, 3.63) is 53.4 Å². The van der Waals surface area contributed by atoms with Gasteiger partial charge in [0.25, 0.3) is 5.24 Å². The van der Waals surface area contributed by atoms with Crippen molar-refractivity contribution in [3.63, 3.8) is 0 Å². The van der Waals surface area contributed by atoms with Crippen molar-refractivity contribution in [2.45, 2.75) is 51.1 Å². The molecule has 2 heterocycles. The minimum absolute atomic E-state index is 0.0728. The second kappa shape index (κ2) is 10.0. The summed E-state index contributed by atoms with van der Waals surface area (Å²) in [6.07, 6.45) is 8.32. The van der Waals surface area contributed by atoms with Gasteiger partial charge in [0.05, 0.1) is 23.7 Å². The molecule has 0 saturated carbocycles. The van der Waals surface area contributed by atoms with Crippen LogP contribution in [0, 0.1) is 5.92 Å². The number of rotatable bonds is 8. The molecule has 0 radical (unpaired) electrons. The second-order valence-corrected chi connectivity index (χ2v) is 8.56. The summed E-state index contributed by atoms with van der Waals surface area (Å²) in [4.78, 5) is 39.1. The van der Waals surface area contributed by atoms with Gasteiger partial charge in [0, 0.05) is 19.0 Å². The van der Waals surface area contributed by atoms with E-state index in [0.717, 1.165) is 29.3 Å². The first-order valence-electron chi connectivity index (χ1n) is 9.99. The lowest BCUT2D eigenvalue weighted by molar-refractivity contribution is -0.151. The van der Waals surface area contributed by atoms with Crippen molar-refractivity contribution < 1.29 is 23.9 Å². The van der Waals surface area contributed by atoms with Gasteiger partial charge in [-0.15, -0.1) is 0 Å². The van der Waals surface area contributed by atoms with E-state index < -0.39 is 6.10 Å². The Hall–Kier alpha value is -2.45. The minimum Gasteiger partial charge on any atom is -0.454 e. The van der Waals surface area contributed by atoms with Crippen molar-refractivity contribution in [2.24, 2.45) is 5.92 Å². The van der Waals surface area contributed by atoms with Gasteiger partial charge < -0.3 is 9.47 Å². The van der Waals surface area contributed by atoms with Crippen molar-refractivity contribution in [2.75, 3.05) is 6.61 Å². The van der Waals surface area contributed by atoms with E-state index in [1.54, 1.807) is 6.20 Å². The quantitative estimate of drug-likeness (QED) is 0.631. The minimum atomic E-state index is -0.580. The van der Waals surface area contributed by atoms with E-state index in [-0.39, 0.29) is 41.0 Å². The fraction of sp³-hybridized carbons (Fsp3) is 0.455. The number of nitrogens with one attached hydrogen (secondary N) is 1. The van der Waals surface area contributed by atoms with Gasteiger partial charge in [0.2, 0.25) is 5.91 Å². The molecule has 1 aromatic rings. The smallest absolute Gasteiger partial charge is 0.303 e. The lowest BCUT2D eigenvalue weighted by atomic mass is 9.92. The Balaban J connectivity index is 1.59. The molecule has 0 aromatic carbocycles. The van der Waals surface area contributed by atoms with Crippen LogP contribution in [0.2, 0.25) is 0 Å². The maximum absolute atomic E-state index is 11.8. The van der Waals surface area contributed by atoms with Gasteiger partial charge in [-0.2, -0.15) is 0 Å². The molecule has 0 spiro atoms. The van der Waals surface area contributed by atoms with Crippen LogP contribution in [0.4, 0.5) is 4.79 Å². The van der Waals surface area contributed by atoms with E-state index in [0.29, 0.717) is 12.1 Å². The number of allylic oxidation sites excluding steroid dienone is 2. The van der Waals surface area contributed by atoms with Crippen LogP contribution in [0.3, 0.4) is 0 Å². The Labute approximate surface area is 180 Å². The molecule has 3 unspecified atom stereocenters. The fourth-order valence-corrected chi connectivity index (χ4v) is 4.24. The van der Waals surface area contributed by atoms with Crippen LogP contribution >= 0.6 is 11.8 Å². The Morgan fingerprint density at radius 2 is 2.13 bits per heavy atom. The Bertz CT molecular complexity index is 865. The van der Waals surface area contributed by atoms with E-state index in [1.807, 2.05) is 31.2 Å². The molecule has 0 bridgehead atoms. The van der Waals surface area contributed by atoms with Gasteiger partial charge in [-0.1, -0.05) is 55.5 Å². The first-order chi connectivity index (χ1) is 14.4. The lowest BCUT2D eigenvalue weighted by Crippen LogP contribution is -2.27. The molecule has 3 rings (SSSR count). The van der Waals surface area contributed by atoms with Crippen LogP contribution in [-0.2, 0) is 25.5 Å². The van der Waals surface area contributed by atoms with E-state index in [4.69, 9.17) is 9.47 Å². The lowest BCUT2D eigenvalue weighted by Gasteiger charge is -2.26. The highest BCUT2D eigenvalue weighted by molar-refractivity contribution is 8.15. The van der Waals surface area contributed by atoms with Crippen LogP contribution in [0.5, 0.6) is 0 Å². The molecular weight excluding hydrogens is 404 g/mol. The zero-order chi connectivity index (χ0) is 21.7.